The molecule has 0 unspecified atom stereocenters. The fourth-order valence-electron chi connectivity index (χ4n) is 5.12. The summed E-state index contributed by atoms with van der Waals surface area (Å²) in [6, 6.07) is 8.20. The lowest BCUT2D eigenvalue weighted by molar-refractivity contribution is 0.00578. The fraction of sp³-hybridized carbons (Fsp3) is 0.448. The molecule has 0 spiro atoms. The van der Waals surface area contributed by atoms with Gasteiger partial charge in [0.05, 0.1) is 16.7 Å². The Morgan fingerprint density at radius 1 is 1.02 bits per heavy atom. The second kappa shape index (κ2) is 10.7. The number of rotatable bonds is 6. The van der Waals surface area contributed by atoms with Gasteiger partial charge in [0, 0.05) is 69.6 Å². The number of nitrogens with zero attached hydrogens (tertiary/aromatic N) is 7. The highest BCUT2D eigenvalue weighted by Crippen LogP contribution is 2.36. The molecule has 1 aromatic carbocycles. The lowest BCUT2D eigenvalue weighted by atomic mass is 9.81. The van der Waals surface area contributed by atoms with E-state index >= 15 is 0 Å². The molecule has 12 heteroatoms. The summed E-state index contributed by atoms with van der Waals surface area (Å²) < 4.78 is 27.6. The van der Waals surface area contributed by atoms with Crippen molar-refractivity contribution in [2.24, 2.45) is 15.8 Å². The summed E-state index contributed by atoms with van der Waals surface area (Å²) in [5.41, 5.74) is 8.09. The van der Waals surface area contributed by atoms with Gasteiger partial charge in [0.2, 0.25) is 5.95 Å². The zero-order valence-corrected chi connectivity index (χ0v) is 24.6. The van der Waals surface area contributed by atoms with Crippen LogP contribution in [0.4, 0.5) is 10.3 Å². The minimum atomic E-state index is -0.843. The molecular formula is C29H38BFN8O2. The van der Waals surface area contributed by atoms with E-state index < -0.39 is 23.9 Å². The molecule has 4 heterocycles. The zero-order chi connectivity index (χ0) is 29.6. The second-order valence-corrected chi connectivity index (χ2v) is 11.7. The van der Waals surface area contributed by atoms with Crippen LogP contribution in [0.3, 0.4) is 0 Å². The molecule has 0 radical (unpaired) electrons. The van der Waals surface area contributed by atoms with Gasteiger partial charge in [0.1, 0.15) is 17.3 Å². The van der Waals surface area contributed by atoms with Crippen molar-refractivity contribution >= 4 is 31.1 Å². The number of aliphatic imine (C=N–C) groups is 1. The first-order valence-electron chi connectivity index (χ1n) is 13.8. The van der Waals surface area contributed by atoms with Crippen molar-refractivity contribution in [2.45, 2.75) is 51.4 Å². The van der Waals surface area contributed by atoms with E-state index in [-0.39, 0.29) is 5.82 Å². The maximum absolute atomic E-state index is 13.4. The molecule has 41 heavy (non-hydrogen) atoms. The summed E-state index contributed by atoms with van der Waals surface area (Å²) in [7, 11) is 1.28. The third-order valence-electron chi connectivity index (χ3n) is 8.48. The number of nitrogens with two attached hydrogens (primary N) is 1. The van der Waals surface area contributed by atoms with Crippen molar-refractivity contribution in [3.8, 4) is 0 Å². The van der Waals surface area contributed by atoms with Gasteiger partial charge in [-0.3, -0.25) is 4.99 Å². The van der Waals surface area contributed by atoms with E-state index in [1.54, 1.807) is 36.3 Å². The van der Waals surface area contributed by atoms with Gasteiger partial charge in [-0.1, -0.05) is 12.1 Å². The van der Waals surface area contributed by atoms with E-state index in [9.17, 15) is 4.39 Å². The van der Waals surface area contributed by atoms with Gasteiger partial charge in [0.25, 0.3) is 0 Å². The van der Waals surface area contributed by atoms with E-state index in [1.807, 2.05) is 46.9 Å². The molecule has 2 aromatic heterocycles. The number of piperazine rings is 1. The van der Waals surface area contributed by atoms with Crippen molar-refractivity contribution < 1.29 is 13.7 Å². The first-order valence-corrected chi connectivity index (χ1v) is 13.8. The van der Waals surface area contributed by atoms with Gasteiger partial charge in [-0.15, -0.1) is 0 Å². The Kier molecular flexibility index (Phi) is 7.52. The number of amidine groups is 1. The summed E-state index contributed by atoms with van der Waals surface area (Å²) in [6.07, 6.45) is 5.38. The number of anilines is 1. The highest BCUT2D eigenvalue weighted by molar-refractivity contribution is 6.62. The van der Waals surface area contributed by atoms with Crippen molar-refractivity contribution in [1.29, 1.82) is 0 Å². The number of hydrogen-bond acceptors (Lipinski definition) is 8. The van der Waals surface area contributed by atoms with E-state index in [0.717, 1.165) is 41.2 Å². The average molecular weight is 560 g/mol. The maximum Gasteiger partial charge on any atom is 0.496 e. The molecule has 5 rings (SSSR count). The standard InChI is InChI=1S/C29H38BFN8O2/c1-27(2)28(3,4)41-30(40-27)22-16-24(39(19-22)34-7)25(33-6)37-12-14-38(15-13-37)26-35-17-21(18-36-26)29(5,32)20-8-10-23(31)11-9-20/h8-11,16-19H,7,12-15,32H2,1-6H3/b33-25+/t29-/m0/s1. The molecule has 2 aliphatic rings. The third kappa shape index (κ3) is 5.39. The quantitative estimate of drug-likeness (QED) is 0.281. The monoisotopic (exact) mass is 560 g/mol. The third-order valence-corrected chi connectivity index (χ3v) is 8.48. The molecule has 2 fully saturated rings. The number of benzene rings is 1. The molecule has 10 nitrogen and oxygen atoms in total. The highest BCUT2D eigenvalue weighted by Gasteiger charge is 2.52. The topological polar surface area (TPSA) is 106 Å². The van der Waals surface area contributed by atoms with Crippen LogP contribution in [0.5, 0.6) is 0 Å². The Bertz CT molecular complexity index is 1410. The van der Waals surface area contributed by atoms with Gasteiger partial charge in [-0.25, -0.2) is 19.0 Å². The molecule has 2 aliphatic heterocycles. The zero-order valence-electron chi connectivity index (χ0n) is 24.6. The smallest absolute Gasteiger partial charge is 0.399 e. The predicted molar refractivity (Wildman–Crippen MR) is 160 cm³/mol. The Balaban J connectivity index is 1.27. The van der Waals surface area contributed by atoms with Crippen molar-refractivity contribution in [3.63, 3.8) is 0 Å². The Morgan fingerprint density at radius 2 is 1.61 bits per heavy atom. The van der Waals surface area contributed by atoms with E-state index in [4.69, 9.17) is 15.0 Å². The molecule has 2 saturated heterocycles. The minimum Gasteiger partial charge on any atom is -0.399 e. The molecular weight excluding hydrogens is 522 g/mol. The highest BCUT2D eigenvalue weighted by atomic mass is 19.1. The Hall–Kier alpha value is -3.61. The van der Waals surface area contributed by atoms with Crippen LogP contribution in [0.1, 0.15) is 51.4 Å². The van der Waals surface area contributed by atoms with Crippen LogP contribution < -0.4 is 16.1 Å². The van der Waals surface area contributed by atoms with Crippen LogP contribution in [0.15, 0.2) is 59.0 Å². The SMILES string of the molecule is C=Nn1cc(B2OC(C)(C)C(C)(C)O2)cc1/C(=N\C)N1CCN(c2ncc([C@@](C)(N)c3ccc(F)cc3)cn2)CC1. The predicted octanol–water partition coefficient (Wildman–Crippen LogP) is 2.60. The van der Waals surface area contributed by atoms with Gasteiger partial charge in [0.15, 0.2) is 0 Å². The molecule has 0 aliphatic carbocycles. The summed E-state index contributed by atoms with van der Waals surface area (Å²) >= 11 is 0. The fourth-order valence-corrected chi connectivity index (χ4v) is 5.12. The van der Waals surface area contributed by atoms with Crippen molar-refractivity contribution in [3.05, 3.63) is 71.6 Å². The molecule has 0 saturated carbocycles. The van der Waals surface area contributed by atoms with E-state index in [0.29, 0.717) is 19.0 Å². The van der Waals surface area contributed by atoms with Crippen LogP contribution in [0, 0.1) is 5.82 Å². The summed E-state index contributed by atoms with van der Waals surface area (Å²) in [5, 5.41) is 4.20. The summed E-state index contributed by atoms with van der Waals surface area (Å²) in [4.78, 5) is 18.2. The normalized spacial score (nSPS) is 20.3. The molecule has 216 valence electrons. The first kappa shape index (κ1) is 28.9. The van der Waals surface area contributed by atoms with Gasteiger partial charge in [-0.05, 0) is 58.4 Å². The minimum absolute atomic E-state index is 0.300. The van der Waals surface area contributed by atoms with Crippen LogP contribution >= 0.6 is 0 Å². The molecule has 0 amide bonds. The van der Waals surface area contributed by atoms with Crippen LogP contribution in [-0.2, 0) is 14.8 Å². The van der Waals surface area contributed by atoms with Crippen LogP contribution in [-0.4, -0.2) is 83.6 Å². The van der Waals surface area contributed by atoms with E-state index in [1.165, 1.54) is 12.1 Å². The molecule has 3 aromatic rings. The molecule has 1 atom stereocenters. The number of halogens is 1. The second-order valence-electron chi connectivity index (χ2n) is 11.7. The van der Waals surface area contributed by atoms with Gasteiger partial charge in [-0.2, -0.15) is 5.10 Å². The van der Waals surface area contributed by atoms with Crippen LogP contribution in [0.25, 0.3) is 0 Å². The summed E-state index contributed by atoms with van der Waals surface area (Å²) in [6.45, 7) is 16.6. The van der Waals surface area contributed by atoms with E-state index in [2.05, 4.69) is 36.6 Å². The van der Waals surface area contributed by atoms with Crippen LogP contribution in [0.2, 0.25) is 0 Å². The molecule has 2 N–H and O–H groups in total. The lowest BCUT2D eigenvalue weighted by Crippen LogP contribution is -2.50. The Labute approximate surface area is 241 Å². The van der Waals surface area contributed by atoms with Gasteiger partial charge < -0.3 is 24.8 Å². The lowest BCUT2D eigenvalue weighted by Gasteiger charge is -2.36. The maximum atomic E-state index is 13.4. The average Bonchev–Trinajstić information content (AvgIpc) is 3.47. The van der Waals surface area contributed by atoms with Gasteiger partial charge >= 0.3 is 7.12 Å². The van der Waals surface area contributed by atoms with Crippen molar-refractivity contribution in [1.82, 2.24) is 19.5 Å². The Morgan fingerprint density at radius 3 is 2.15 bits per heavy atom. The number of aromatic nitrogens is 3. The largest absolute Gasteiger partial charge is 0.496 e. The summed E-state index contributed by atoms with van der Waals surface area (Å²) in [5.74, 6) is 1.15. The number of hydrogen-bond donors (Lipinski definition) is 1. The first-order chi connectivity index (χ1) is 19.4. The molecule has 0 bridgehead atoms. The van der Waals surface area contributed by atoms with Crippen molar-refractivity contribution in [2.75, 3.05) is 38.1 Å².